The Labute approximate surface area is 153 Å². The average molecular weight is 377 g/mol. The largest absolute Gasteiger partial charge is 0.337 e. The highest BCUT2D eigenvalue weighted by Gasteiger charge is 2.16. The van der Waals surface area contributed by atoms with Gasteiger partial charge in [-0.1, -0.05) is 23.8 Å². The van der Waals surface area contributed by atoms with Crippen molar-refractivity contribution in [2.75, 3.05) is 5.32 Å². The van der Waals surface area contributed by atoms with E-state index in [1.54, 1.807) is 24.3 Å². The fourth-order valence-electron chi connectivity index (χ4n) is 2.27. The second-order valence-corrected chi connectivity index (χ2v) is 5.72. The van der Waals surface area contributed by atoms with E-state index >= 15 is 0 Å². The predicted octanol–water partition coefficient (Wildman–Crippen LogP) is 0.836. The van der Waals surface area contributed by atoms with Crippen LogP contribution in [0.1, 0.15) is 0 Å². The number of halogens is 1. The van der Waals surface area contributed by atoms with Crippen LogP contribution in [0.25, 0.3) is 0 Å². The van der Waals surface area contributed by atoms with Gasteiger partial charge in [-0.2, -0.15) is 0 Å². The van der Waals surface area contributed by atoms with E-state index in [0.717, 1.165) is 9.13 Å². The van der Waals surface area contributed by atoms with Crippen LogP contribution in [0.2, 0.25) is 5.02 Å². The van der Waals surface area contributed by atoms with Crippen molar-refractivity contribution < 1.29 is 4.79 Å². The van der Waals surface area contributed by atoms with Gasteiger partial charge in [0.05, 0.1) is 13.1 Å². The SMILES string of the molecule is C=CCn1c(=O)n(CC=C)c(=O)n(CC(=O)Nc2ccc(Cl)cc2)c1=O. The number of benzene rings is 1. The number of amides is 1. The molecule has 0 bridgehead atoms. The summed E-state index contributed by atoms with van der Waals surface area (Å²) in [6.07, 6.45) is 2.70. The van der Waals surface area contributed by atoms with Crippen LogP contribution in [0.15, 0.2) is 64.0 Å². The number of carbonyl (C=O) groups is 1. The molecule has 0 aliphatic carbocycles. The molecule has 0 saturated heterocycles. The Balaban J connectivity index is 2.42. The lowest BCUT2D eigenvalue weighted by Gasteiger charge is -2.12. The summed E-state index contributed by atoms with van der Waals surface area (Å²) in [7, 11) is 0. The number of nitrogens with one attached hydrogen (secondary N) is 1. The maximum absolute atomic E-state index is 12.4. The van der Waals surface area contributed by atoms with Gasteiger partial charge in [-0.15, -0.1) is 13.2 Å². The zero-order chi connectivity index (χ0) is 19.3. The topological polar surface area (TPSA) is 95.1 Å². The molecule has 1 aromatic heterocycles. The van der Waals surface area contributed by atoms with Crippen molar-refractivity contribution in [1.29, 1.82) is 0 Å². The molecule has 1 heterocycles. The third-order valence-electron chi connectivity index (χ3n) is 3.44. The highest BCUT2D eigenvalue weighted by Crippen LogP contribution is 2.13. The van der Waals surface area contributed by atoms with E-state index in [0.29, 0.717) is 15.3 Å². The summed E-state index contributed by atoms with van der Waals surface area (Å²) in [5.74, 6) is -0.597. The number of rotatable bonds is 7. The van der Waals surface area contributed by atoms with Gasteiger partial charge in [0, 0.05) is 10.7 Å². The van der Waals surface area contributed by atoms with Crippen LogP contribution in [0.4, 0.5) is 5.69 Å². The maximum atomic E-state index is 12.4. The zero-order valence-corrected chi connectivity index (χ0v) is 14.6. The second kappa shape index (κ2) is 8.30. The van der Waals surface area contributed by atoms with Crippen LogP contribution in [0.5, 0.6) is 0 Å². The van der Waals surface area contributed by atoms with E-state index in [1.165, 1.54) is 12.2 Å². The Morgan fingerprint density at radius 2 is 1.38 bits per heavy atom. The lowest BCUT2D eigenvalue weighted by molar-refractivity contribution is -0.116. The van der Waals surface area contributed by atoms with E-state index in [4.69, 9.17) is 11.6 Å². The molecule has 1 aromatic carbocycles. The fraction of sp³-hybridized carbons (Fsp3) is 0.176. The summed E-state index contributed by atoms with van der Waals surface area (Å²) < 4.78 is 2.35. The van der Waals surface area contributed by atoms with Gasteiger partial charge in [0.2, 0.25) is 5.91 Å². The van der Waals surface area contributed by atoms with E-state index in [2.05, 4.69) is 18.5 Å². The molecule has 0 fully saturated rings. The number of anilines is 1. The van der Waals surface area contributed by atoms with Crippen LogP contribution in [0.3, 0.4) is 0 Å². The van der Waals surface area contributed by atoms with Crippen LogP contribution >= 0.6 is 11.6 Å². The molecular formula is C17H17ClN4O4. The van der Waals surface area contributed by atoms with Gasteiger partial charge in [-0.05, 0) is 24.3 Å². The quantitative estimate of drug-likeness (QED) is 0.724. The molecule has 136 valence electrons. The maximum Gasteiger partial charge on any atom is 0.337 e. The average Bonchev–Trinajstić information content (AvgIpc) is 2.61. The Morgan fingerprint density at radius 3 is 1.85 bits per heavy atom. The van der Waals surface area contributed by atoms with Gasteiger partial charge in [0.15, 0.2) is 0 Å². The van der Waals surface area contributed by atoms with Gasteiger partial charge < -0.3 is 5.32 Å². The normalized spacial score (nSPS) is 10.3. The molecule has 0 aliphatic heterocycles. The predicted molar refractivity (Wildman–Crippen MR) is 99.7 cm³/mol. The molecule has 0 atom stereocenters. The minimum absolute atomic E-state index is 0.0894. The Morgan fingerprint density at radius 1 is 0.923 bits per heavy atom. The molecule has 0 saturated carbocycles. The van der Waals surface area contributed by atoms with Gasteiger partial charge in [0.1, 0.15) is 6.54 Å². The first-order valence-corrected chi connectivity index (χ1v) is 7.98. The number of aromatic nitrogens is 3. The molecule has 0 aliphatic rings. The third-order valence-corrected chi connectivity index (χ3v) is 3.69. The van der Waals surface area contributed by atoms with Crippen molar-refractivity contribution >= 4 is 23.2 Å². The van der Waals surface area contributed by atoms with Crippen LogP contribution in [-0.4, -0.2) is 19.6 Å². The number of hydrogen-bond donors (Lipinski definition) is 1. The fourth-order valence-corrected chi connectivity index (χ4v) is 2.39. The molecule has 0 spiro atoms. The Bertz CT molecular complexity index is 967. The highest BCUT2D eigenvalue weighted by molar-refractivity contribution is 6.30. The van der Waals surface area contributed by atoms with E-state index in [9.17, 15) is 19.2 Å². The van der Waals surface area contributed by atoms with E-state index in [1.807, 2.05) is 0 Å². The van der Waals surface area contributed by atoms with Crippen LogP contribution in [-0.2, 0) is 24.4 Å². The lowest BCUT2D eigenvalue weighted by Crippen LogP contribution is -2.55. The summed E-state index contributed by atoms with van der Waals surface area (Å²) in [6.45, 7) is 6.24. The zero-order valence-electron chi connectivity index (χ0n) is 13.9. The third kappa shape index (κ3) is 4.09. The first-order valence-electron chi connectivity index (χ1n) is 7.60. The minimum atomic E-state index is -0.883. The first kappa shape index (κ1) is 19.2. The standard InChI is InChI=1S/C17H17ClN4O4/c1-3-9-20-15(24)21(10-4-2)17(26)22(16(20)25)11-14(23)19-13-7-5-12(18)6-8-13/h3-8H,1-2,9-11H2,(H,19,23). The van der Waals surface area contributed by atoms with Gasteiger partial charge in [-0.25, -0.2) is 28.1 Å². The number of allylic oxidation sites excluding steroid dienone is 2. The molecule has 0 radical (unpaired) electrons. The summed E-state index contributed by atoms with van der Waals surface area (Å²) in [5, 5.41) is 3.06. The summed E-state index contributed by atoms with van der Waals surface area (Å²) in [4.78, 5) is 49.3. The van der Waals surface area contributed by atoms with Crippen molar-refractivity contribution in [3.05, 3.63) is 86.1 Å². The van der Waals surface area contributed by atoms with Gasteiger partial charge >= 0.3 is 17.1 Å². The number of carbonyl (C=O) groups excluding carboxylic acids is 1. The molecule has 0 unspecified atom stereocenters. The molecule has 1 N–H and O–H groups in total. The Hall–Kier alpha value is -3.13. The number of nitrogens with zero attached hydrogens (tertiary/aromatic N) is 3. The van der Waals surface area contributed by atoms with E-state index in [-0.39, 0.29) is 13.1 Å². The lowest BCUT2D eigenvalue weighted by atomic mass is 10.3. The molecule has 26 heavy (non-hydrogen) atoms. The molecular weight excluding hydrogens is 360 g/mol. The summed E-state index contributed by atoms with van der Waals surface area (Å²) >= 11 is 5.78. The van der Waals surface area contributed by atoms with Gasteiger partial charge in [-0.3, -0.25) is 4.79 Å². The summed E-state index contributed by atoms with van der Waals surface area (Å²) in [5.41, 5.74) is -2.09. The minimum Gasteiger partial charge on any atom is -0.325 e. The van der Waals surface area contributed by atoms with Crippen LogP contribution in [0, 0.1) is 0 Å². The van der Waals surface area contributed by atoms with Crippen molar-refractivity contribution in [1.82, 2.24) is 13.7 Å². The van der Waals surface area contributed by atoms with Crippen molar-refractivity contribution in [2.45, 2.75) is 19.6 Å². The smallest absolute Gasteiger partial charge is 0.325 e. The van der Waals surface area contributed by atoms with Crippen LogP contribution < -0.4 is 22.4 Å². The van der Waals surface area contributed by atoms with E-state index < -0.39 is 29.5 Å². The van der Waals surface area contributed by atoms with Crippen molar-refractivity contribution in [3.63, 3.8) is 0 Å². The summed E-state index contributed by atoms with van der Waals surface area (Å²) in [6, 6.07) is 6.34. The first-order chi connectivity index (χ1) is 12.4. The molecule has 8 nitrogen and oxygen atoms in total. The van der Waals surface area contributed by atoms with Crippen molar-refractivity contribution in [2.24, 2.45) is 0 Å². The molecule has 1 amide bonds. The number of hydrogen-bond acceptors (Lipinski definition) is 4. The monoisotopic (exact) mass is 376 g/mol. The Kier molecular flexibility index (Phi) is 6.13. The highest BCUT2D eigenvalue weighted by atomic mass is 35.5. The molecule has 2 rings (SSSR count). The molecule has 2 aromatic rings. The van der Waals surface area contributed by atoms with Crippen molar-refractivity contribution in [3.8, 4) is 0 Å². The second-order valence-electron chi connectivity index (χ2n) is 5.29. The molecule has 9 heteroatoms. The van der Waals surface area contributed by atoms with Gasteiger partial charge in [0.25, 0.3) is 0 Å².